The summed E-state index contributed by atoms with van der Waals surface area (Å²) in [5.74, 6) is -0.807. The molecule has 0 saturated carbocycles. The smallest absolute Gasteiger partial charge is 0.231 e. The summed E-state index contributed by atoms with van der Waals surface area (Å²) in [5.41, 5.74) is 6.72. The summed E-state index contributed by atoms with van der Waals surface area (Å²) in [4.78, 5) is 22.9. The van der Waals surface area contributed by atoms with E-state index in [9.17, 15) is 9.90 Å². The highest BCUT2D eigenvalue weighted by atomic mass is 19.1. The Hall–Kier alpha value is -3.29. The number of carbonyl (C=O) groups is 1. The van der Waals surface area contributed by atoms with E-state index in [1.54, 1.807) is 17.0 Å². The second-order valence-electron chi connectivity index (χ2n) is 7.88. The molecule has 1 aromatic carbocycles. The summed E-state index contributed by atoms with van der Waals surface area (Å²) >= 11 is 0. The molecule has 0 unspecified atom stereocenters. The van der Waals surface area contributed by atoms with Crippen molar-refractivity contribution in [2.45, 2.75) is 26.0 Å². The number of amides is 1. The van der Waals surface area contributed by atoms with Crippen molar-refractivity contribution in [2.75, 3.05) is 42.9 Å². The van der Waals surface area contributed by atoms with Crippen LogP contribution in [0.4, 0.5) is 16.0 Å². The fourth-order valence-corrected chi connectivity index (χ4v) is 3.82. The van der Waals surface area contributed by atoms with E-state index in [-0.39, 0.29) is 24.1 Å². The van der Waals surface area contributed by atoms with Gasteiger partial charge >= 0.3 is 0 Å². The number of primary amides is 1. The quantitative estimate of drug-likeness (QED) is 0.527. The molecule has 2 aromatic rings. The van der Waals surface area contributed by atoms with Crippen LogP contribution in [0, 0.1) is 23.1 Å². The van der Waals surface area contributed by atoms with Gasteiger partial charge < -0.3 is 21.1 Å². The lowest BCUT2D eigenvalue weighted by atomic mass is 9.93. The molecule has 0 spiro atoms. The van der Waals surface area contributed by atoms with Crippen molar-refractivity contribution in [1.29, 1.82) is 5.26 Å². The van der Waals surface area contributed by atoms with Crippen LogP contribution in [-0.2, 0) is 11.3 Å². The average Bonchev–Trinajstić information content (AvgIpc) is 2.78. The van der Waals surface area contributed by atoms with E-state index in [1.165, 1.54) is 6.33 Å². The molecule has 1 aromatic heterocycles. The van der Waals surface area contributed by atoms with Crippen LogP contribution in [0.5, 0.6) is 0 Å². The van der Waals surface area contributed by atoms with Crippen LogP contribution >= 0.6 is 0 Å². The van der Waals surface area contributed by atoms with Crippen LogP contribution in [0.1, 0.15) is 24.5 Å². The molecule has 1 aliphatic heterocycles. The topological polar surface area (TPSA) is 131 Å². The van der Waals surface area contributed by atoms with Gasteiger partial charge in [-0.25, -0.2) is 9.97 Å². The first-order chi connectivity index (χ1) is 15.4. The number of nitrogens with zero attached hydrogens (tertiary/aromatic N) is 5. The molecule has 0 aliphatic carbocycles. The predicted molar refractivity (Wildman–Crippen MR) is 118 cm³/mol. The lowest BCUT2D eigenvalue weighted by molar-refractivity contribution is -0.120. The van der Waals surface area contributed by atoms with Gasteiger partial charge in [0.25, 0.3) is 0 Å². The minimum Gasteiger partial charge on any atom is -0.391 e. The molecular weight excluding hydrogens is 413 g/mol. The maximum Gasteiger partial charge on any atom is 0.231 e. The van der Waals surface area contributed by atoms with E-state index in [2.05, 4.69) is 21.4 Å². The number of hydrogen-bond acceptors (Lipinski definition) is 8. The van der Waals surface area contributed by atoms with Crippen molar-refractivity contribution in [2.24, 2.45) is 11.7 Å². The highest BCUT2D eigenvalue weighted by Crippen LogP contribution is 2.24. The number of nitriles is 1. The summed E-state index contributed by atoms with van der Waals surface area (Å²) in [6.45, 7) is 4.33. The van der Waals surface area contributed by atoms with E-state index >= 15 is 4.39 Å². The van der Waals surface area contributed by atoms with Gasteiger partial charge in [0.05, 0.1) is 24.3 Å². The predicted octanol–water partition coefficient (Wildman–Crippen LogP) is 1.09. The third-order valence-corrected chi connectivity index (χ3v) is 5.63. The van der Waals surface area contributed by atoms with Crippen LogP contribution < -0.4 is 16.0 Å². The lowest BCUT2D eigenvalue weighted by Crippen LogP contribution is -2.48. The molecule has 2 heterocycles. The molecule has 1 aliphatic rings. The van der Waals surface area contributed by atoms with Gasteiger partial charge in [-0.15, -0.1) is 0 Å². The maximum atomic E-state index is 15.2. The number of anilines is 2. The third-order valence-electron chi connectivity index (χ3n) is 5.63. The summed E-state index contributed by atoms with van der Waals surface area (Å²) in [7, 11) is 0. The zero-order valence-electron chi connectivity index (χ0n) is 18.0. The molecule has 170 valence electrons. The highest BCUT2D eigenvalue weighted by molar-refractivity contribution is 5.75. The number of β-amino-alcohol motifs (C(OH)–C–C–N with tert-alkyl or cyclic N) is 1. The molecule has 4 N–H and O–H groups in total. The number of nitrogens with one attached hydrogen (secondary N) is 1. The number of carbonyl (C=O) groups excluding carboxylic acids is 1. The average molecular weight is 442 g/mol. The van der Waals surface area contributed by atoms with Crippen LogP contribution in [0.2, 0.25) is 0 Å². The number of piperidine rings is 1. The van der Waals surface area contributed by atoms with Crippen molar-refractivity contribution in [3.05, 3.63) is 47.5 Å². The van der Waals surface area contributed by atoms with E-state index in [0.717, 1.165) is 5.56 Å². The van der Waals surface area contributed by atoms with E-state index in [1.807, 2.05) is 24.0 Å². The molecular formula is C22H28FN7O2. The Balaban J connectivity index is 1.64. The Morgan fingerprint density at radius 2 is 2.16 bits per heavy atom. The number of benzene rings is 1. The summed E-state index contributed by atoms with van der Waals surface area (Å²) in [6.07, 6.45) is 1.32. The third kappa shape index (κ3) is 5.90. The normalized spacial score (nSPS) is 18.7. The molecule has 1 saturated heterocycles. The molecule has 0 bridgehead atoms. The zero-order chi connectivity index (χ0) is 23.1. The Kier molecular flexibility index (Phi) is 7.92. The molecule has 1 amide bonds. The van der Waals surface area contributed by atoms with Crippen molar-refractivity contribution in [3.63, 3.8) is 0 Å². The number of halogens is 1. The Morgan fingerprint density at radius 3 is 2.78 bits per heavy atom. The van der Waals surface area contributed by atoms with E-state index < -0.39 is 17.8 Å². The van der Waals surface area contributed by atoms with Gasteiger partial charge in [0.1, 0.15) is 6.33 Å². The Bertz CT molecular complexity index is 964. The van der Waals surface area contributed by atoms with Crippen molar-refractivity contribution < 1.29 is 14.3 Å². The maximum absolute atomic E-state index is 15.2. The second kappa shape index (κ2) is 10.8. The molecule has 32 heavy (non-hydrogen) atoms. The van der Waals surface area contributed by atoms with Gasteiger partial charge in [-0.2, -0.15) is 9.65 Å². The largest absolute Gasteiger partial charge is 0.391 e. The number of aromatic nitrogens is 2. The standard InChI is InChI=1S/C22H28FN7O2/c1-2-30(11-16-5-3-15(9-24)4-6-16)22-20(23)21(27-14-28-22)26-10-17-7-8-29(12-18(17)31)13-19(25)32/h3-6,14,17-18,31H,2,7-8,10-13H2,1H3,(H2,25,32)(H,26,27,28)/t17-,18+/m0/s1. The first-order valence-corrected chi connectivity index (χ1v) is 10.6. The second-order valence-corrected chi connectivity index (χ2v) is 7.88. The summed E-state index contributed by atoms with van der Waals surface area (Å²) in [6, 6.07) is 9.22. The Labute approximate surface area is 186 Å². The minimum absolute atomic E-state index is 0.0834. The van der Waals surface area contributed by atoms with Crippen LogP contribution in [0.3, 0.4) is 0 Å². The SMILES string of the molecule is CCN(Cc1ccc(C#N)cc1)c1ncnc(NC[C@@H]2CCN(CC(N)=O)C[C@H]2O)c1F. The Morgan fingerprint density at radius 1 is 1.41 bits per heavy atom. The molecule has 10 heteroatoms. The highest BCUT2D eigenvalue weighted by Gasteiger charge is 2.28. The van der Waals surface area contributed by atoms with Gasteiger partial charge in [-0.05, 0) is 37.6 Å². The molecule has 3 rings (SSSR count). The number of nitrogens with two attached hydrogens (primary N) is 1. The zero-order valence-corrected chi connectivity index (χ0v) is 18.0. The van der Waals surface area contributed by atoms with Crippen LogP contribution in [0.25, 0.3) is 0 Å². The first kappa shape index (κ1) is 23.4. The van der Waals surface area contributed by atoms with Crippen molar-refractivity contribution in [3.8, 4) is 6.07 Å². The molecule has 2 atom stereocenters. The number of aliphatic hydroxyl groups excluding tert-OH is 1. The monoisotopic (exact) mass is 441 g/mol. The minimum atomic E-state index is -0.650. The first-order valence-electron chi connectivity index (χ1n) is 10.6. The lowest BCUT2D eigenvalue weighted by Gasteiger charge is -2.35. The van der Waals surface area contributed by atoms with Gasteiger partial charge in [0.2, 0.25) is 11.7 Å². The fourth-order valence-electron chi connectivity index (χ4n) is 3.82. The van der Waals surface area contributed by atoms with Gasteiger partial charge in [0, 0.05) is 32.1 Å². The van der Waals surface area contributed by atoms with E-state index in [0.29, 0.717) is 44.7 Å². The van der Waals surface area contributed by atoms with Gasteiger partial charge in [-0.1, -0.05) is 12.1 Å². The fraction of sp³-hybridized carbons (Fsp3) is 0.455. The molecule has 9 nitrogen and oxygen atoms in total. The van der Waals surface area contributed by atoms with Crippen molar-refractivity contribution >= 4 is 17.5 Å². The van der Waals surface area contributed by atoms with E-state index in [4.69, 9.17) is 11.0 Å². The number of likely N-dealkylation sites (tertiary alicyclic amines) is 1. The molecule has 1 fully saturated rings. The summed E-state index contributed by atoms with van der Waals surface area (Å²) < 4.78 is 15.2. The molecule has 0 radical (unpaired) electrons. The summed E-state index contributed by atoms with van der Waals surface area (Å²) in [5, 5.41) is 22.3. The van der Waals surface area contributed by atoms with Crippen LogP contribution in [-0.4, -0.2) is 64.7 Å². The number of hydrogen-bond donors (Lipinski definition) is 3. The number of aliphatic hydroxyl groups is 1. The van der Waals surface area contributed by atoms with Crippen LogP contribution in [0.15, 0.2) is 30.6 Å². The van der Waals surface area contributed by atoms with Gasteiger partial charge in [0.15, 0.2) is 11.6 Å². The number of rotatable bonds is 9. The van der Waals surface area contributed by atoms with Crippen molar-refractivity contribution in [1.82, 2.24) is 14.9 Å². The van der Waals surface area contributed by atoms with Gasteiger partial charge in [-0.3, -0.25) is 9.69 Å².